The number of nitrogens with zero attached hydrogens (tertiary/aromatic N) is 3. The predicted molar refractivity (Wildman–Crippen MR) is 171 cm³/mol. The van der Waals surface area contributed by atoms with E-state index in [9.17, 15) is 21.6 Å². The number of ether oxygens (including phenoxy) is 1. The molecule has 0 atom stereocenters. The van der Waals surface area contributed by atoms with Crippen molar-refractivity contribution in [1.29, 1.82) is 0 Å². The average Bonchev–Trinajstić information content (AvgIpc) is 2.96. The minimum atomic E-state index is -3.44. The zero-order valence-electron chi connectivity index (χ0n) is 24.9. The normalized spacial score (nSPS) is 18.2. The van der Waals surface area contributed by atoms with Gasteiger partial charge in [-0.15, -0.1) is 0 Å². The van der Waals surface area contributed by atoms with Gasteiger partial charge in [-0.05, 0) is 108 Å². The van der Waals surface area contributed by atoms with Crippen LogP contribution in [-0.4, -0.2) is 88.8 Å². The molecule has 0 aromatic heterocycles. The topological polar surface area (TPSA) is 104 Å². The number of amides is 1. The van der Waals surface area contributed by atoms with Crippen molar-refractivity contribution in [2.24, 2.45) is 5.92 Å². The second kappa shape index (κ2) is 14.5. The number of halogens is 2. The summed E-state index contributed by atoms with van der Waals surface area (Å²) in [5.41, 5.74) is 0.652. The van der Waals surface area contributed by atoms with Gasteiger partial charge < -0.3 is 14.5 Å². The van der Waals surface area contributed by atoms with E-state index in [4.69, 9.17) is 27.9 Å². The Bertz CT molecular complexity index is 1470. The van der Waals surface area contributed by atoms with E-state index < -0.39 is 25.1 Å². The van der Waals surface area contributed by atoms with Crippen LogP contribution in [0.15, 0.2) is 47.4 Å². The Kier molecular flexibility index (Phi) is 11.4. The second-order valence-electron chi connectivity index (χ2n) is 11.6. The number of sulfone groups is 1. The largest absolute Gasteiger partial charge is 0.491 e. The van der Waals surface area contributed by atoms with Crippen LogP contribution in [0.4, 0.5) is 5.69 Å². The maximum atomic E-state index is 13.7. The van der Waals surface area contributed by atoms with E-state index in [1.54, 1.807) is 47.4 Å². The Labute approximate surface area is 266 Å². The van der Waals surface area contributed by atoms with Crippen LogP contribution in [0.1, 0.15) is 46.0 Å². The standard InChI is InChI=1S/C30H41Cl2N3O6S2/c1-22(2)41-25-6-8-26(9-7-25)43(39,40)27-13-17-33(18-14-27)15-4-16-35(24-5-10-28(31)29(32)21-24)30(36)23-11-19-34(20-12-23)42(3,37)38/h5-10,21-23,27H,4,11-20H2,1-3H3. The van der Waals surface area contributed by atoms with E-state index in [2.05, 4.69) is 4.90 Å². The molecule has 0 aliphatic carbocycles. The highest BCUT2D eigenvalue weighted by Gasteiger charge is 2.33. The summed E-state index contributed by atoms with van der Waals surface area (Å²) in [5.74, 6) is 0.303. The van der Waals surface area contributed by atoms with Gasteiger partial charge in [0, 0.05) is 31.2 Å². The van der Waals surface area contributed by atoms with Crippen molar-refractivity contribution in [3.8, 4) is 5.75 Å². The van der Waals surface area contributed by atoms with Crippen molar-refractivity contribution in [2.75, 3.05) is 50.4 Å². The van der Waals surface area contributed by atoms with Gasteiger partial charge in [0.15, 0.2) is 9.84 Å². The van der Waals surface area contributed by atoms with E-state index >= 15 is 0 Å². The Morgan fingerprint density at radius 3 is 2.12 bits per heavy atom. The summed E-state index contributed by atoms with van der Waals surface area (Å²) < 4.78 is 57.5. The molecule has 0 saturated carbocycles. The number of hydrogen-bond donors (Lipinski definition) is 0. The van der Waals surface area contributed by atoms with Crippen molar-refractivity contribution in [2.45, 2.75) is 62.2 Å². The number of carbonyl (C=O) groups is 1. The van der Waals surface area contributed by atoms with Crippen molar-refractivity contribution in [3.05, 3.63) is 52.5 Å². The highest BCUT2D eigenvalue weighted by molar-refractivity contribution is 7.92. The lowest BCUT2D eigenvalue weighted by molar-refractivity contribution is -0.123. The first kappa shape index (κ1) is 34.0. The molecule has 0 N–H and O–H groups in total. The summed E-state index contributed by atoms with van der Waals surface area (Å²) in [7, 11) is -6.74. The molecule has 0 radical (unpaired) electrons. The number of anilines is 1. The van der Waals surface area contributed by atoms with Crippen LogP contribution in [0, 0.1) is 5.92 Å². The summed E-state index contributed by atoms with van der Waals surface area (Å²) in [6, 6.07) is 11.8. The molecule has 2 aromatic rings. The van der Waals surface area contributed by atoms with Gasteiger partial charge in [0.05, 0.1) is 32.6 Å². The lowest BCUT2D eigenvalue weighted by Gasteiger charge is -2.34. The first-order valence-corrected chi connectivity index (χ1v) is 18.9. The lowest BCUT2D eigenvalue weighted by Crippen LogP contribution is -2.45. The lowest BCUT2D eigenvalue weighted by atomic mass is 9.96. The van der Waals surface area contributed by atoms with Crippen LogP contribution in [0.25, 0.3) is 0 Å². The molecule has 2 aliphatic heterocycles. The molecular weight excluding hydrogens is 633 g/mol. The second-order valence-corrected chi connectivity index (χ2v) is 16.6. The third-order valence-electron chi connectivity index (χ3n) is 8.11. The highest BCUT2D eigenvalue weighted by Crippen LogP contribution is 2.31. The first-order valence-electron chi connectivity index (χ1n) is 14.7. The summed E-state index contributed by atoms with van der Waals surface area (Å²) >= 11 is 12.4. The molecule has 0 spiro atoms. The van der Waals surface area contributed by atoms with Gasteiger partial charge in [-0.3, -0.25) is 4.79 Å². The zero-order valence-corrected chi connectivity index (χ0v) is 28.1. The van der Waals surface area contributed by atoms with E-state index in [0.717, 1.165) is 0 Å². The molecule has 9 nitrogen and oxygen atoms in total. The predicted octanol–water partition coefficient (Wildman–Crippen LogP) is 5.11. The Morgan fingerprint density at radius 2 is 1.56 bits per heavy atom. The van der Waals surface area contributed by atoms with E-state index in [1.807, 2.05) is 13.8 Å². The SMILES string of the molecule is CC(C)Oc1ccc(S(=O)(=O)C2CCN(CCCN(C(=O)C3CCN(S(C)(=O)=O)CC3)c3ccc(Cl)c(Cl)c3)CC2)cc1. The summed E-state index contributed by atoms with van der Waals surface area (Å²) in [6.45, 7) is 6.96. The molecule has 2 saturated heterocycles. The minimum absolute atomic E-state index is 0.0149. The van der Waals surface area contributed by atoms with Crippen LogP contribution in [-0.2, 0) is 24.7 Å². The number of benzene rings is 2. The summed E-state index contributed by atoms with van der Waals surface area (Å²) in [4.78, 5) is 18.0. The third kappa shape index (κ3) is 8.85. The van der Waals surface area contributed by atoms with Gasteiger partial charge in [0.1, 0.15) is 5.75 Å². The van der Waals surface area contributed by atoms with Crippen molar-refractivity contribution in [1.82, 2.24) is 9.21 Å². The van der Waals surface area contributed by atoms with Crippen LogP contribution >= 0.6 is 23.2 Å². The van der Waals surface area contributed by atoms with Gasteiger partial charge in [-0.25, -0.2) is 21.1 Å². The van der Waals surface area contributed by atoms with E-state index in [-0.39, 0.29) is 17.9 Å². The molecular formula is C30H41Cl2N3O6S2. The molecule has 2 heterocycles. The van der Waals surface area contributed by atoms with Gasteiger partial charge >= 0.3 is 0 Å². The minimum Gasteiger partial charge on any atom is -0.491 e. The van der Waals surface area contributed by atoms with Crippen molar-refractivity contribution < 1.29 is 26.4 Å². The average molecular weight is 675 g/mol. The fraction of sp³-hybridized carbons (Fsp3) is 0.567. The number of likely N-dealkylation sites (tertiary alicyclic amines) is 1. The Balaban J connectivity index is 1.34. The molecule has 43 heavy (non-hydrogen) atoms. The number of hydrogen-bond acceptors (Lipinski definition) is 7. The van der Waals surface area contributed by atoms with E-state index in [1.165, 1.54) is 10.6 Å². The fourth-order valence-corrected chi connectivity index (χ4v) is 8.64. The molecule has 4 rings (SSSR count). The van der Waals surface area contributed by atoms with E-state index in [0.29, 0.717) is 97.8 Å². The summed E-state index contributed by atoms with van der Waals surface area (Å²) in [5, 5.41) is 0.318. The highest BCUT2D eigenvalue weighted by atomic mass is 35.5. The number of sulfonamides is 1. The van der Waals surface area contributed by atoms with Crippen LogP contribution in [0.5, 0.6) is 5.75 Å². The Morgan fingerprint density at radius 1 is 0.930 bits per heavy atom. The molecule has 1 amide bonds. The number of rotatable bonds is 11. The monoisotopic (exact) mass is 673 g/mol. The number of piperidine rings is 2. The van der Waals surface area contributed by atoms with Crippen LogP contribution in [0.2, 0.25) is 10.0 Å². The zero-order chi connectivity index (χ0) is 31.4. The van der Waals surface area contributed by atoms with Crippen LogP contribution in [0.3, 0.4) is 0 Å². The molecule has 238 valence electrons. The molecule has 0 bridgehead atoms. The molecule has 2 aliphatic rings. The van der Waals surface area contributed by atoms with Gasteiger partial charge in [-0.2, -0.15) is 0 Å². The number of carbonyl (C=O) groups excluding carboxylic acids is 1. The van der Waals surface area contributed by atoms with Gasteiger partial charge in [0.25, 0.3) is 0 Å². The van der Waals surface area contributed by atoms with Gasteiger partial charge in [-0.1, -0.05) is 23.2 Å². The first-order chi connectivity index (χ1) is 20.3. The molecule has 2 aromatic carbocycles. The maximum absolute atomic E-state index is 13.7. The summed E-state index contributed by atoms with van der Waals surface area (Å²) in [6.07, 6.45) is 3.89. The fourth-order valence-electron chi connectivity index (χ4n) is 5.74. The maximum Gasteiger partial charge on any atom is 0.230 e. The Hall–Kier alpha value is -1.89. The van der Waals surface area contributed by atoms with Crippen molar-refractivity contribution in [3.63, 3.8) is 0 Å². The van der Waals surface area contributed by atoms with Crippen LogP contribution < -0.4 is 9.64 Å². The quantitative estimate of drug-likeness (QED) is 0.326. The molecule has 2 fully saturated rings. The smallest absolute Gasteiger partial charge is 0.230 e. The molecule has 13 heteroatoms. The van der Waals surface area contributed by atoms with Crippen molar-refractivity contribution >= 4 is 54.7 Å². The van der Waals surface area contributed by atoms with Gasteiger partial charge in [0.2, 0.25) is 15.9 Å². The molecule has 0 unspecified atom stereocenters. The third-order valence-corrected chi connectivity index (χ3v) is 12.4.